The Bertz CT molecular complexity index is 1200. The number of carbonyl (C=O) groups excluding carboxylic acids is 1. The molecule has 3 rings (SSSR count). The van der Waals surface area contributed by atoms with E-state index in [0.29, 0.717) is 18.8 Å². The van der Waals surface area contributed by atoms with Crippen molar-refractivity contribution < 1.29 is 19.4 Å². The van der Waals surface area contributed by atoms with Gasteiger partial charge in [-0.25, -0.2) is 4.79 Å². The topological polar surface area (TPSA) is 99.7 Å². The van der Waals surface area contributed by atoms with Crippen molar-refractivity contribution in [2.45, 2.75) is 45.4 Å². The predicted molar refractivity (Wildman–Crippen MR) is 157 cm³/mol. The highest BCUT2D eigenvalue weighted by molar-refractivity contribution is 9.10. The third-order valence-electron chi connectivity index (χ3n) is 5.66. The fourth-order valence-electron chi connectivity index (χ4n) is 3.73. The molecular weight excluding hydrogens is 566 g/mol. The summed E-state index contributed by atoms with van der Waals surface area (Å²) in [6.07, 6.45) is 0.615. The van der Waals surface area contributed by atoms with Crippen LogP contribution in [0.2, 0.25) is 0 Å². The van der Waals surface area contributed by atoms with E-state index in [1.165, 1.54) is 0 Å². The van der Waals surface area contributed by atoms with E-state index in [9.17, 15) is 14.7 Å². The van der Waals surface area contributed by atoms with E-state index >= 15 is 0 Å². The summed E-state index contributed by atoms with van der Waals surface area (Å²) in [6, 6.07) is 22.7. The summed E-state index contributed by atoms with van der Waals surface area (Å²) in [7, 11) is 0. The van der Waals surface area contributed by atoms with E-state index in [-0.39, 0.29) is 17.5 Å². The number of ether oxygens (including phenoxy) is 1. The van der Waals surface area contributed by atoms with Gasteiger partial charge in [0.15, 0.2) is 5.11 Å². The van der Waals surface area contributed by atoms with Gasteiger partial charge in [0.25, 0.3) is 0 Å². The van der Waals surface area contributed by atoms with E-state index in [2.05, 4.69) is 31.9 Å². The maximum absolute atomic E-state index is 13.1. The summed E-state index contributed by atoms with van der Waals surface area (Å²) >= 11 is 8.80. The molecule has 3 aromatic rings. The summed E-state index contributed by atoms with van der Waals surface area (Å²) in [4.78, 5) is 25.1. The van der Waals surface area contributed by atoms with E-state index < -0.39 is 24.0 Å². The van der Waals surface area contributed by atoms with Crippen LogP contribution in [0.25, 0.3) is 0 Å². The SMILES string of the molecule is CC(C)CC(NC(=S)Nc1ccc(Br)cc1)C(=O)NC(Cc1ccc(OCc2ccccc2)cc1)C(=O)O. The summed E-state index contributed by atoms with van der Waals surface area (Å²) in [6.45, 7) is 4.42. The van der Waals surface area contributed by atoms with Gasteiger partial charge in [0.1, 0.15) is 24.4 Å². The number of hydrogen-bond acceptors (Lipinski definition) is 4. The molecule has 0 radical (unpaired) electrons. The number of thiocarbonyl (C=S) groups is 1. The van der Waals surface area contributed by atoms with Crippen molar-refractivity contribution in [1.29, 1.82) is 0 Å². The monoisotopic (exact) mass is 597 g/mol. The number of aliphatic carboxylic acids is 1. The van der Waals surface area contributed by atoms with Crippen LogP contribution in [-0.4, -0.2) is 34.2 Å². The molecule has 0 aliphatic rings. The largest absolute Gasteiger partial charge is 0.489 e. The molecule has 0 aromatic heterocycles. The van der Waals surface area contributed by atoms with E-state index in [4.69, 9.17) is 17.0 Å². The van der Waals surface area contributed by atoms with Gasteiger partial charge < -0.3 is 25.8 Å². The number of carboxylic acid groups (broad SMARTS) is 1. The fraction of sp³-hybridized carbons (Fsp3) is 0.276. The molecule has 9 heteroatoms. The molecule has 2 atom stereocenters. The first-order valence-electron chi connectivity index (χ1n) is 12.3. The summed E-state index contributed by atoms with van der Waals surface area (Å²) < 4.78 is 6.74. The predicted octanol–water partition coefficient (Wildman–Crippen LogP) is 5.54. The first kappa shape index (κ1) is 29.1. The summed E-state index contributed by atoms with van der Waals surface area (Å²) in [5.74, 6) is -0.669. The van der Waals surface area contributed by atoms with Gasteiger partial charge in [0, 0.05) is 16.6 Å². The molecule has 7 nitrogen and oxygen atoms in total. The smallest absolute Gasteiger partial charge is 0.326 e. The number of halogens is 1. The number of carbonyl (C=O) groups is 2. The van der Waals surface area contributed by atoms with Crippen LogP contribution in [0.15, 0.2) is 83.3 Å². The zero-order valence-corrected chi connectivity index (χ0v) is 23.7. The quantitative estimate of drug-likeness (QED) is 0.203. The van der Waals surface area contributed by atoms with Crippen molar-refractivity contribution in [3.8, 4) is 5.75 Å². The van der Waals surface area contributed by atoms with Crippen LogP contribution in [0.5, 0.6) is 5.75 Å². The van der Waals surface area contributed by atoms with Crippen LogP contribution in [0.1, 0.15) is 31.4 Å². The molecule has 0 saturated heterocycles. The average Bonchev–Trinajstić information content (AvgIpc) is 2.89. The molecule has 1 amide bonds. The van der Waals surface area contributed by atoms with Crippen molar-refractivity contribution in [2.75, 3.05) is 5.32 Å². The van der Waals surface area contributed by atoms with E-state index in [1.54, 1.807) is 12.1 Å². The molecular formula is C29H32BrN3O4S. The minimum absolute atomic E-state index is 0.135. The molecule has 0 aliphatic heterocycles. The Morgan fingerprint density at radius 1 is 0.895 bits per heavy atom. The molecule has 0 bridgehead atoms. The maximum atomic E-state index is 13.1. The van der Waals surface area contributed by atoms with Gasteiger partial charge in [-0.1, -0.05) is 72.2 Å². The Morgan fingerprint density at radius 2 is 1.55 bits per heavy atom. The zero-order valence-electron chi connectivity index (χ0n) is 21.3. The maximum Gasteiger partial charge on any atom is 0.326 e. The second kappa shape index (κ2) is 14.5. The van der Waals surface area contributed by atoms with Gasteiger partial charge in [0.05, 0.1) is 0 Å². The molecule has 0 saturated carbocycles. The van der Waals surface area contributed by atoms with Crippen LogP contribution in [0.4, 0.5) is 5.69 Å². The van der Waals surface area contributed by atoms with Crippen LogP contribution in [0, 0.1) is 5.92 Å². The van der Waals surface area contributed by atoms with Crippen LogP contribution in [0.3, 0.4) is 0 Å². The molecule has 2 unspecified atom stereocenters. The van der Waals surface area contributed by atoms with Gasteiger partial charge in [-0.15, -0.1) is 0 Å². The van der Waals surface area contributed by atoms with Crippen molar-refractivity contribution in [1.82, 2.24) is 10.6 Å². The molecule has 0 heterocycles. The molecule has 0 aliphatic carbocycles. The van der Waals surface area contributed by atoms with Crippen LogP contribution < -0.4 is 20.7 Å². The first-order valence-corrected chi connectivity index (χ1v) is 13.5. The fourth-order valence-corrected chi connectivity index (χ4v) is 4.26. The Balaban J connectivity index is 1.59. The summed E-state index contributed by atoms with van der Waals surface area (Å²) in [5, 5.41) is 18.9. The van der Waals surface area contributed by atoms with Gasteiger partial charge in [0.2, 0.25) is 5.91 Å². The van der Waals surface area contributed by atoms with E-state index in [1.807, 2.05) is 80.6 Å². The van der Waals surface area contributed by atoms with Crippen molar-refractivity contribution >= 4 is 50.8 Å². The molecule has 0 fully saturated rings. The Labute approximate surface area is 237 Å². The minimum atomic E-state index is -1.11. The lowest BCUT2D eigenvalue weighted by atomic mass is 10.0. The normalized spacial score (nSPS) is 12.3. The number of benzene rings is 3. The zero-order chi connectivity index (χ0) is 27.5. The lowest BCUT2D eigenvalue weighted by molar-refractivity contribution is -0.142. The molecule has 0 spiro atoms. The van der Waals surface area contributed by atoms with Gasteiger partial charge in [-0.3, -0.25) is 4.79 Å². The van der Waals surface area contributed by atoms with Crippen LogP contribution in [-0.2, 0) is 22.6 Å². The second-order valence-electron chi connectivity index (χ2n) is 9.31. The second-order valence-corrected chi connectivity index (χ2v) is 10.6. The minimum Gasteiger partial charge on any atom is -0.489 e. The lowest BCUT2D eigenvalue weighted by Gasteiger charge is -2.24. The van der Waals surface area contributed by atoms with Crippen LogP contribution >= 0.6 is 28.1 Å². The van der Waals surface area contributed by atoms with Crippen molar-refractivity contribution in [3.63, 3.8) is 0 Å². The number of amides is 1. The number of nitrogens with one attached hydrogen (secondary N) is 3. The standard InChI is InChI=1S/C29H32BrN3O4S/c1-19(2)16-25(33-29(38)31-23-12-10-22(30)11-13-23)27(34)32-26(28(35)36)17-20-8-14-24(15-9-20)37-18-21-6-4-3-5-7-21/h3-15,19,25-26H,16-18H2,1-2H3,(H,32,34)(H,35,36)(H2,31,33,38). The molecule has 38 heavy (non-hydrogen) atoms. The number of hydrogen-bond donors (Lipinski definition) is 4. The molecule has 3 aromatic carbocycles. The van der Waals surface area contributed by atoms with E-state index in [0.717, 1.165) is 21.3 Å². The van der Waals surface area contributed by atoms with Gasteiger partial charge in [-0.05, 0) is 72.1 Å². The highest BCUT2D eigenvalue weighted by Crippen LogP contribution is 2.17. The lowest BCUT2D eigenvalue weighted by Crippen LogP contribution is -2.53. The summed E-state index contributed by atoms with van der Waals surface area (Å²) in [5.41, 5.74) is 2.60. The van der Waals surface area contributed by atoms with Gasteiger partial charge >= 0.3 is 5.97 Å². The molecule has 4 N–H and O–H groups in total. The number of carboxylic acids is 1. The highest BCUT2D eigenvalue weighted by Gasteiger charge is 2.27. The number of anilines is 1. The Hall–Kier alpha value is -3.43. The highest BCUT2D eigenvalue weighted by atomic mass is 79.9. The van der Waals surface area contributed by atoms with Crippen molar-refractivity contribution in [2.24, 2.45) is 5.92 Å². The average molecular weight is 599 g/mol. The van der Waals surface area contributed by atoms with Gasteiger partial charge in [-0.2, -0.15) is 0 Å². The third kappa shape index (κ3) is 9.79. The Morgan fingerprint density at radius 3 is 2.16 bits per heavy atom. The number of rotatable bonds is 12. The third-order valence-corrected chi connectivity index (χ3v) is 6.41. The Kier molecular flexibility index (Phi) is 11.1. The molecule has 200 valence electrons. The first-order chi connectivity index (χ1) is 18.2. The van der Waals surface area contributed by atoms with Crippen molar-refractivity contribution in [3.05, 3.63) is 94.5 Å².